The Morgan fingerprint density at radius 3 is 2.51 bits per heavy atom. The van der Waals surface area contributed by atoms with Gasteiger partial charge in [0.25, 0.3) is 0 Å². The van der Waals surface area contributed by atoms with Crippen LogP contribution in [0.2, 0.25) is 0 Å². The summed E-state index contributed by atoms with van der Waals surface area (Å²) < 4.78 is 6.00. The molecule has 3 amide bonds. The number of esters is 1. The Kier molecular flexibility index (Phi) is 6.59. The lowest BCUT2D eigenvalue weighted by molar-refractivity contribution is -0.158. The zero-order valence-electron chi connectivity index (χ0n) is 25.1. The number of imide groups is 3. The number of hydrogen-bond acceptors (Lipinski definition) is 6. The molecule has 9 atom stereocenters. The standard InChI is InChI=1S/C34H45NO6/c1-20(18-36)7-6-8-21(2)23-11-13-32(5)25-17-24-29(22(3)30(40)41-24)34(19-33(25,34)16-15-31(23,32)4)14-12-28(39)35-26(37)9-10-27(35)38/h7,18,21,23-25,29H,3,6,8-17,19H2,1-2,4-5H3/b20-7+/t21-,23-,24-,25+,29-,31-,32+,33+,34-/m1/s1. The normalized spacial score (nSPS) is 43.7. The van der Waals surface area contributed by atoms with E-state index in [-0.39, 0.29) is 58.9 Å². The van der Waals surface area contributed by atoms with E-state index < -0.39 is 17.7 Å². The Balaban J connectivity index is 1.28. The van der Waals surface area contributed by atoms with Gasteiger partial charge in [0.15, 0.2) is 0 Å². The summed E-state index contributed by atoms with van der Waals surface area (Å²) in [5, 5.41) is 0. The number of allylic oxidation sites excluding steroid dienone is 2. The van der Waals surface area contributed by atoms with E-state index in [1.54, 1.807) is 0 Å². The van der Waals surface area contributed by atoms with Crippen molar-refractivity contribution >= 4 is 30.0 Å². The minimum Gasteiger partial charge on any atom is -0.458 e. The molecule has 2 heterocycles. The average Bonchev–Trinajstić information content (AvgIpc) is 3.15. The molecule has 222 valence electrons. The van der Waals surface area contributed by atoms with Crippen molar-refractivity contribution in [2.24, 2.45) is 45.3 Å². The maximum atomic E-state index is 13.2. The molecule has 41 heavy (non-hydrogen) atoms. The van der Waals surface area contributed by atoms with Crippen LogP contribution in [-0.2, 0) is 28.7 Å². The van der Waals surface area contributed by atoms with Crippen LogP contribution in [0, 0.1) is 45.3 Å². The number of amides is 3. The van der Waals surface area contributed by atoms with Gasteiger partial charge in [-0.1, -0.05) is 33.4 Å². The smallest absolute Gasteiger partial charge is 0.334 e. The van der Waals surface area contributed by atoms with Gasteiger partial charge in [-0.2, -0.15) is 0 Å². The van der Waals surface area contributed by atoms with Crippen LogP contribution in [0.4, 0.5) is 0 Å². The van der Waals surface area contributed by atoms with Crippen LogP contribution in [0.1, 0.15) is 105 Å². The molecule has 2 aliphatic heterocycles. The number of carbonyl (C=O) groups is 5. The fourth-order valence-corrected chi connectivity index (χ4v) is 11.3. The van der Waals surface area contributed by atoms with Crippen LogP contribution in [-0.4, -0.2) is 41.0 Å². The molecule has 1 spiro atoms. The Bertz CT molecular complexity index is 1250. The summed E-state index contributed by atoms with van der Waals surface area (Å²) in [6.07, 6.45) is 12.0. The predicted molar refractivity (Wildman–Crippen MR) is 152 cm³/mol. The van der Waals surface area contributed by atoms with Crippen molar-refractivity contribution in [1.29, 1.82) is 0 Å². The summed E-state index contributed by atoms with van der Waals surface area (Å²) in [5.41, 5.74) is 1.37. The molecule has 0 N–H and O–H groups in total. The van der Waals surface area contributed by atoms with Gasteiger partial charge in [0.2, 0.25) is 17.7 Å². The molecule has 7 heteroatoms. The lowest BCUT2D eigenvalue weighted by Gasteiger charge is -2.61. The van der Waals surface area contributed by atoms with E-state index in [1.807, 2.05) is 6.92 Å². The Labute approximate surface area is 243 Å². The number of ether oxygens (including phenoxy) is 1. The molecule has 6 rings (SSSR count). The monoisotopic (exact) mass is 563 g/mol. The fourth-order valence-electron chi connectivity index (χ4n) is 11.3. The highest BCUT2D eigenvalue weighted by molar-refractivity contribution is 6.15. The number of fused-ring (bicyclic) bond motifs is 4. The summed E-state index contributed by atoms with van der Waals surface area (Å²) in [6, 6.07) is 0. The van der Waals surface area contributed by atoms with Crippen LogP contribution in [0.5, 0.6) is 0 Å². The van der Waals surface area contributed by atoms with E-state index in [1.165, 1.54) is 6.42 Å². The summed E-state index contributed by atoms with van der Waals surface area (Å²) in [5.74, 6) is -0.0660. The third-order valence-corrected chi connectivity index (χ3v) is 13.5. The number of hydrogen-bond donors (Lipinski definition) is 0. The van der Waals surface area contributed by atoms with Crippen molar-refractivity contribution in [2.75, 3.05) is 0 Å². The number of aldehydes is 1. The van der Waals surface area contributed by atoms with Crippen molar-refractivity contribution in [2.45, 2.75) is 111 Å². The van der Waals surface area contributed by atoms with Crippen molar-refractivity contribution in [3.05, 3.63) is 23.8 Å². The SMILES string of the molecule is C=C1C(=O)O[C@@H]2C[C@@H]3[C@]4(CC[C@]5(C)[C@@H]([C@H](C)CC/C=C(\C)C=O)CC[C@@]35C)C[C@]4(CCC(=O)N3C(=O)CCC3=O)[C@H]12. The topological polar surface area (TPSA) is 97.8 Å². The average molecular weight is 564 g/mol. The maximum absolute atomic E-state index is 13.2. The minimum atomic E-state index is -0.399. The maximum Gasteiger partial charge on any atom is 0.334 e. The molecule has 0 radical (unpaired) electrons. The first-order valence-corrected chi connectivity index (χ1v) is 15.8. The molecule has 2 saturated heterocycles. The van der Waals surface area contributed by atoms with Gasteiger partial charge in [-0.05, 0) is 110 Å². The van der Waals surface area contributed by atoms with Crippen molar-refractivity contribution < 1.29 is 28.7 Å². The van der Waals surface area contributed by atoms with E-state index in [0.29, 0.717) is 29.7 Å². The van der Waals surface area contributed by atoms with Crippen molar-refractivity contribution in [1.82, 2.24) is 4.90 Å². The Hall–Kier alpha value is -2.57. The van der Waals surface area contributed by atoms with Crippen molar-refractivity contribution in [3.63, 3.8) is 0 Å². The molecular formula is C34H45NO6. The molecule has 4 aliphatic carbocycles. The number of carbonyl (C=O) groups excluding carboxylic acids is 5. The molecule has 0 aromatic heterocycles. The molecular weight excluding hydrogens is 518 g/mol. The van der Waals surface area contributed by atoms with E-state index in [2.05, 4.69) is 33.4 Å². The lowest BCUT2D eigenvalue weighted by Crippen LogP contribution is -2.56. The van der Waals surface area contributed by atoms with Crippen LogP contribution in [0.3, 0.4) is 0 Å². The predicted octanol–water partition coefficient (Wildman–Crippen LogP) is 5.71. The highest BCUT2D eigenvalue weighted by atomic mass is 16.6. The summed E-state index contributed by atoms with van der Waals surface area (Å²) in [4.78, 5) is 62.5. The minimum absolute atomic E-state index is 0.0284. The van der Waals surface area contributed by atoms with E-state index in [4.69, 9.17) is 4.74 Å². The quantitative estimate of drug-likeness (QED) is 0.162. The second kappa shape index (κ2) is 9.47. The van der Waals surface area contributed by atoms with Crippen LogP contribution in [0.25, 0.3) is 0 Å². The number of rotatable bonds is 8. The Morgan fingerprint density at radius 2 is 1.83 bits per heavy atom. The van der Waals surface area contributed by atoms with Crippen LogP contribution < -0.4 is 0 Å². The van der Waals surface area contributed by atoms with Gasteiger partial charge >= 0.3 is 5.97 Å². The van der Waals surface area contributed by atoms with Gasteiger partial charge in [-0.15, -0.1) is 0 Å². The molecule has 0 aromatic rings. The van der Waals surface area contributed by atoms with Gasteiger partial charge in [0, 0.05) is 30.8 Å². The van der Waals surface area contributed by atoms with Crippen LogP contribution in [0.15, 0.2) is 23.8 Å². The first-order chi connectivity index (χ1) is 19.3. The second-order valence-corrected chi connectivity index (χ2v) is 14.8. The summed E-state index contributed by atoms with van der Waals surface area (Å²) in [7, 11) is 0. The highest BCUT2D eigenvalue weighted by Crippen LogP contribution is 2.88. The zero-order valence-corrected chi connectivity index (χ0v) is 25.1. The zero-order chi connectivity index (χ0) is 29.5. The fraction of sp³-hybridized carbons (Fsp3) is 0.735. The van der Waals surface area contributed by atoms with Crippen LogP contribution >= 0.6 is 0 Å². The van der Waals surface area contributed by atoms with Crippen molar-refractivity contribution in [3.8, 4) is 0 Å². The first kappa shape index (κ1) is 28.5. The first-order valence-electron chi connectivity index (χ1n) is 15.8. The second-order valence-electron chi connectivity index (χ2n) is 14.8. The third kappa shape index (κ3) is 3.78. The van der Waals surface area contributed by atoms with E-state index in [9.17, 15) is 24.0 Å². The lowest BCUT2D eigenvalue weighted by atomic mass is 9.43. The Morgan fingerprint density at radius 1 is 1.12 bits per heavy atom. The summed E-state index contributed by atoms with van der Waals surface area (Å²) >= 11 is 0. The molecule has 0 aromatic carbocycles. The van der Waals surface area contributed by atoms with Gasteiger partial charge in [0.05, 0.1) is 0 Å². The highest BCUT2D eigenvalue weighted by Gasteiger charge is 2.83. The van der Waals surface area contributed by atoms with Gasteiger partial charge in [-0.3, -0.25) is 19.2 Å². The molecule has 6 fully saturated rings. The molecule has 4 saturated carbocycles. The summed E-state index contributed by atoms with van der Waals surface area (Å²) in [6.45, 7) is 13.4. The molecule has 0 unspecified atom stereocenters. The largest absolute Gasteiger partial charge is 0.458 e. The number of likely N-dealkylation sites (tertiary alicyclic amines) is 1. The van der Waals surface area contributed by atoms with Gasteiger partial charge in [-0.25, -0.2) is 9.69 Å². The molecule has 6 aliphatic rings. The van der Waals surface area contributed by atoms with Gasteiger partial charge < -0.3 is 4.74 Å². The molecule has 7 nitrogen and oxygen atoms in total. The van der Waals surface area contributed by atoms with Gasteiger partial charge in [0.1, 0.15) is 12.4 Å². The third-order valence-electron chi connectivity index (χ3n) is 13.5. The number of nitrogens with zero attached hydrogens (tertiary/aromatic N) is 1. The van der Waals surface area contributed by atoms with E-state index >= 15 is 0 Å². The van der Waals surface area contributed by atoms with E-state index in [0.717, 1.165) is 61.7 Å². The molecule has 0 bridgehead atoms.